The van der Waals surface area contributed by atoms with Gasteiger partial charge in [-0.25, -0.2) is 9.97 Å². The highest BCUT2D eigenvalue weighted by Crippen LogP contribution is 2.23. The second-order valence-electron chi connectivity index (χ2n) is 5.32. The zero-order chi connectivity index (χ0) is 15.4. The van der Waals surface area contributed by atoms with Gasteiger partial charge in [0, 0.05) is 49.4 Å². The van der Waals surface area contributed by atoms with Crippen LogP contribution in [0.5, 0.6) is 0 Å². The minimum Gasteiger partial charge on any atom is -0.395 e. The molecule has 1 saturated heterocycles. The van der Waals surface area contributed by atoms with Crippen LogP contribution in [0.4, 0.5) is 5.82 Å². The number of anilines is 1. The molecule has 6 heteroatoms. The Morgan fingerprint density at radius 2 is 1.91 bits per heavy atom. The molecule has 1 aromatic carbocycles. The predicted molar refractivity (Wildman–Crippen MR) is 88.2 cm³/mol. The average Bonchev–Trinajstić information content (AvgIpc) is 2.56. The van der Waals surface area contributed by atoms with Crippen molar-refractivity contribution in [3.05, 3.63) is 41.7 Å². The standard InChI is InChI=1S/C16H19ClN4O/c17-14-3-1-2-13(10-14)15-11-16(19-12-18-15)21-6-4-20(5-7-21)8-9-22/h1-3,10-12,22H,4-9H2. The first-order chi connectivity index (χ1) is 10.8. The normalized spacial score (nSPS) is 16.0. The minimum atomic E-state index is 0.215. The van der Waals surface area contributed by atoms with Crippen LogP contribution in [0.1, 0.15) is 0 Å². The summed E-state index contributed by atoms with van der Waals surface area (Å²) >= 11 is 6.05. The van der Waals surface area contributed by atoms with Gasteiger partial charge in [0.2, 0.25) is 0 Å². The van der Waals surface area contributed by atoms with Crippen molar-refractivity contribution in [2.75, 3.05) is 44.2 Å². The minimum absolute atomic E-state index is 0.215. The maximum absolute atomic E-state index is 9.00. The van der Waals surface area contributed by atoms with Crippen molar-refractivity contribution >= 4 is 17.4 Å². The van der Waals surface area contributed by atoms with E-state index < -0.39 is 0 Å². The number of rotatable bonds is 4. The van der Waals surface area contributed by atoms with Gasteiger partial charge in [-0.15, -0.1) is 0 Å². The number of piperazine rings is 1. The molecular formula is C16H19ClN4O. The van der Waals surface area contributed by atoms with E-state index in [2.05, 4.69) is 19.8 Å². The quantitative estimate of drug-likeness (QED) is 0.933. The van der Waals surface area contributed by atoms with Gasteiger partial charge in [-0.2, -0.15) is 0 Å². The van der Waals surface area contributed by atoms with Crippen LogP contribution < -0.4 is 4.90 Å². The van der Waals surface area contributed by atoms with Crippen LogP contribution in [0.25, 0.3) is 11.3 Å². The number of β-amino-alcohol motifs (C(OH)–C–C–N with tert-alkyl or cyclic N) is 1. The second kappa shape index (κ2) is 7.05. The van der Waals surface area contributed by atoms with Crippen molar-refractivity contribution in [1.82, 2.24) is 14.9 Å². The Kier molecular flexibility index (Phi) is 4.87. The summed E-state index contributed by atoms with van der Waals surface area (Å²) in [4.78, 5) is 13.3. The Labute approximate surface area is 135 Å². The monoisotopic (exact) mass is 318 g/mol. The molecule has 22 heavy (non-hydrogen) atoms. The van der Waals surface area contributed by atoms with E-state index in [0.717, 1.165) is 49.8 Å². The molecule has 5 nitrogen and oxygen atoms in total. The van der Waals surface area contributed by atoms with Crippen LogP contribution >= 0.6 is 11.6 Å². The molecule has 0 amide bonds. The Bertz CT molecular complexity index is 629. The Balaban J connectivity index is 1.75. The van der Waals surface area contributed by atoms with Gasteiger partial charge >= 0.3 is 0 Å². The first-order valence-electron chi connectivity index (χ1n) is 7.42. The van der Waals surface area contributed by atoms with Gasteiger partial charge in [0.05, 0.1) is 12.3 Å². The smallest absolute Gasteiger partial charge is 0.132 e. The fraction of sp³-hybridized carbons (Fsp3) is 0.375. The number of halogens is 1. The molecular weight excluding hydrogens is 300 g/mol. The van der Waals surface area contributed by atoms with Crippen LogP contribution in [0.2, 0.25) is 5.02 Å². The van der Waals surface area contributed by atoms with Gasteiger partial charge < -0.3 is 10.0 Å². The zero-order valence-electron chi connectivity index (χ0n) is 12.3. The third kappa shape index (κ3) is 3.55. The maximum atomic E-state index is 9.00. The lowest BCUT2D eigenvalue weighted by Gasteiger charge is -2.35. The van der Waals surface area contributed by atoms with Crippen LogP contribution in [-0.4, -0.2) is 59.3 Å². The van der Waals surface area contributed by atoms with Gasteiger partial charge in [-0.3, -0.25) is 4.90 Å². The Morgan fingerprint density at radius 3 is 2.64 bits per heavy atom. The van der Waals surface area contributed by atoms with E-state index in [9.17, 15) is 0 Å². The van der Waals surface area contributed by atoms with Crippen molar-refractivity contribution in [3.63, 3.8) is 0 Å². The van der Waals surface area contributed by atoms with Crippen molar-refractivity contribution < 1.29 is 5.11 Å². The summed E-state index contributed by atoms with van der Waals surface area (Å²) in [6, 6.07) is 9.69. The predicted octanol–water partition coefficient (Wildman–Crippen LogP) is 1.91. The van der Waals surface area contributed by atoms with Crippen LogP contribution in [-0.2, 0) is 0 Å². The third-order valence-corrected chi connectivity index (χ3v) is 4.12. The highest BCUT2D eigenvalue weighted by molar-refractivity contribution is 6.30. The van der Waals surface area contributed by atoms with Crippen LogP contribution in [0, 0.1) is 0 Å². The van der Waals surface area contributed by atoms with Crippen molar-refractivity contribution in [2.24, 2.45) is 0 Å². The van der Waals surface area contributed by atoms with Gasteiger partial charge in [-0.05, 0) is 12.1 Å². The number of aromatic nitrogens is 2. The van der Waals surface area contributed by atoms with Crippen molar-refractivity contribution in [2.45, 2.75) is 0 Å². The molecule has 0 saturated carbocycles. The van der Waals surface area contributed by atoms with Crippen LogP contribution in [0.3, 0.4) is 0 Å². The molecule has 2 aromatic rings. The number of aliphatic hydroxyl groups excluding tert-OH is 1. The van der Waals surface area contributed by atoms with Gasteiger partial charge in [0.15, 0.2) is 0 Å². The lowest BCUT2D eigenvalue weighted by molar-refractivity contribution is 0.188. The number of nitrogens with zero attached hydrogens (tertiary/aromatic N) is 4. The number of hydrogen-bond donors (Lipinski definition) is 1. The van der Waals surface area contributed by atoms with E-state index in [-0.39, 0.29) is 6.61 Å². The van der Waals surface area contributed by atoms with Crippen molar-refractivity contribution in [1.29, 1.82) is 0 Å². The maximum Gasteiger partial charge on any atom is 0.132 e. The SMILES string of the molecule is OCCN1CCN(c2cc(-c3cccc(Cl)c3)ncn2)CC1. The van der Waals surface area contributed by atoms with E-state index >= 15 is 0 Å². The molecule has 2 heterocycles. The topological polar surface area (TPSA) is 52.5 Å². The van der Waals surface area contributed by atoms with E-state index in [0.29, 0.717) is 5.02 Å². The molecule has 0 bridgehead atoms. The molecule has 1 aliphatic heterocycles. The van der Waals surface area contributed by atoms with Crippen LogP contribution in [0.15, 0.2) is 36.7 Å². The highest BCUT2D eigenvalue weighted by atomic mass is 35.5. The summed E-state index contributed by atoms with van der Waals surface area (Å²) in [5.74, 6) is 0.939. The third-order valence-electron chi connectivity index (χ3n) is 3.89. The van der Waals surface area contributed by atoms with Gasteiger partial charge in [0.1, 0.15) is 12.1 Å². The molecule has 0 atom stereocenters. The fourth-order valence-corrected chi connectivity index (χ4v) is 2.86. The van der Waals surface area contributed by atoms with Gasteiger partial charge in [0.25, 0.3) is 0 Å². The molecule has 0 aliphatic carbocycles. The van der Waals surface area contributed by atoms with E-state index in [1.807, 2.05) is 30.3 Å². The number of hydrogen-bond acceptors (Lipinski definition) is 5. The zero-order valence-corrected chi connectivity index (χ0v) is 13.1. The summed E-state index contributed by atoms with van der Waals surface area (Å²) in [5, 5.41) is 9.70. The summed E-state index contributed by atoms with van der Waals surface area (Å²) < 4.78 is 0. The molecule has 1 aromatic heterocycles. The first-order valence-corrected chi connectivity index (χ1v) is 7.80. The second-order valence-corrected chi connectivity index (χ2v) is 5.76. The van der Waals surface area contributed by atoms with E-state index in [4.69, 9.17) is 16.7 Å². The highest BCUT2D eigenvalue weighted by Gasteiger charge is 2.18. The molecule has 1 fully saturated rings. The largest absolute Gasteiger partial charge is 0.395 e. The summed E-state index contributed by atoms with van der Waals surface area (Å²) in [6.07, 6.45) is 1.60. The molecule has 116 valence electrons. The summed E-state index contributed by atoms with van der Waals surface area (Å²) in [5.41, 5.74) is 1.88. The van der Waals surface area contributed by atoms with E-state index in [1.165, 1.54) is 0 Å². The molecule has 1 N–H and O–H groups in total. The average molecular weight is 319 g/mol. The molecule has 3 rings (SSSR count). The van der Waals surface area contributed by atoms with Crippen molar-refractivity contribution in [3.8, 4) is 11.3 Å². The molecule has 1 aliphatic rings. The summed E-state index contributed by atoms with van der Waals surface area (Å²) in [6.45, 7) is 4.66. The Hall–Kier alpha value is -1.69. The fourth-order valence-electron chi connectivity index (χ4n) is 2.67. The first kappa shape index (κ1) is 15.2. The molecule has 0 spiro atoms. The number of benzene rings is 1. The molecule has 0 unspecified atom stereocenters. The Morgan fingerprint density at radius 1 is 1.09 bits per heavy atom. The summed E-state index contributed by atoms with van der Waals surface area (Å²) in [7, 11) is 0. The van der Waals surface area contributed by atoms with Gasteiger partial charge in [-0.1, -0.05) is 23.7 Å². The lowest BCUT2D eigenvalue weighted by Crippen LogP contribution is -2.47. The van der Waals surface area contributed by atoms with E-state index in [1.54, 1.807) is 6.33 Å². The lowest BCUT2D eigenvalue weighted by atomic mass is 10.1. The number of aliphatic hydroxyl groups is 1. The molecule has 0 radical (unpaired) electrons.